The van der Waals surface area contributed by atoms with Gasteiger partial charge in [0.25, 0.3) is 0 Å². The van der Waals surface area contributed by atoms with E-state index in [1.165, 1.54) is 0 Å². The number of hydrogen-bond donors (Lipinski definition) is 1. The fourth-order valence-corrected chi connectivity index (χ4v) is 10.9. The van der Waals surface area contributed by atoms with Crippen LogP contribution in [-0.2, 0) is 36.9 Å². The van der Waals surface area contributed by atoms with Crippen molar-refractivity contribution in [3.63, 3.8) is 0 Å². The minimum absolute atomic E-state index is 0.0240. The number of nitrogens with zero attached hydrogens (tertiary/aromatic N) is 3. The highest BCUT2D eigenvalue weighted by atomic mass is 16.6. The Balaban J connectivity index is 0.000000191. The fraction of sp³-hybridized carbons (Fsp3) is 0.426. The Bertz CT molecular complexity index is 3340. The van der Waals surface area contributed by atoms with Gasteiger partial charge >= 0.3 is 18.0 Å². The van der Waals surface area contributed by atoms with Gasteiger partial charge < -0.3 is 33.3 Å². The largest absolute Gasteiger partial charge is 0.464 e. The Morgan fingerprint density at radius 3 is 1.43 bits per heavy atom. The van der Waals surface area contributed by atoms with Gasteiger partial charge in [-0.25, -0.2) is 4.79 Å². The number of ketones is 4. The SMILES string of the molecule is Cc1c(CN(C)CCOC(=O)C2CCN(C(=O)OC(C)(C)C)CC2)oc2c1C(=O)C(=O)c1c-2ccc2c(C)cccc12.Cc1c(CN(C)CCOC(=O)C2CCNCC2)oc2c1C(=O)C(=O)c1c-2ccc2c(C)cccc12. The van der Waals surface area contributed by atoms with Crippen LogP contribution in [0.3, 0.4) is 0 Å². The first-order chi connectivity index (χ1) is 36.7. The van der Waals surface area contributed by atoms with Crippen LogP contribution in [0, 0.1) is 39.5 Å². The van der Waals surface area contributed by atoms with Crippen LogP contribution in [0.2, 0.25) is 0 Å². The number of hydrogen-bond acceptors (Lipinski definition) is 15. The number of carbonyl (C=O) groups excluding carboxylic acids is 7. The van der Waals surface area contributed by atoms with Crippen LogP contribution in [0.25, 0.3) is 44.2 Å². The van der Waals surface area contributed by atoms with Gasteiger partial charge in [0, 0.05) is 59.6 Å². The van der Waals surface area contributed by atoms with Gasteiger partial charge in [-0.15, -0.1) is 0 Å². The topological polar surface area (TPSA) is 195 Å². The van der Waals surface area contributed by atoms with Gasteiger partial charge in [-0.3, -0.25) is 38.6 Å². The molecule has 0 saturated carbocycles. The lowest BCUT2D eigenvalue weighted by Crippen LogP contribution is -2.43. The molecule has 6 aromatic rings. The number of likely N-dealkylation sites (N-methyl/N-ethyl adjacent to an activating group) is 2. The minimum atomic E-state index is -0.558. The molecule has 2 saturated heterocycles. The maximum Gasteiger partial charge on any atom is 0.410 e. The molecule has 4 aromatic carbocycles. The van der Waals surface area contributed by atoms with Crippen molar-refractivity contribution < 1.29 is 56.6 Å². The van der Waals surface area contributed by atoms with Crippen LogP contribution in [0.15, 0.2) is 69.5 Å². The maximum absolute atomic E-state index is 13.3. The molecule has 1 amide bonds. The second kappa shape index (κ2) is 22.4. The number of furan rings is 2. The van der Waals surface area contributed by atoms with E-state index >= 15 is 0 Å². The Morgan fingerprint density at radius 1 is 0.584 bits per heavy atom. The summed E-state index contributed by atoms with van der Waals surface area (Å²) in [5.41, 5.74) is 5.66. The van der Waals surface area contributed by atoms with Gasteiger partial charge in [0.15, 0.2) is 0 Å². The molecular formula is C61H68N4O12. The van der Waals surface area contributed by atoms with Crippen molar-refractivity contribution in [2.75, 3.05) is 66.6 Å². The molecule has 2 fully saturated rings. The predicted molar refractivity (Wildman–Crippen MR) is 290 cm³/mol. The number of amides is 1. The van der Waals surface area contributed by atoms with Crippen LogP contribution in [0.4, 0.5) is 4.79 Å². The highest BCUT2D eigenvalue weighted by molar-refractivity contribution is 6.55. The Labute approximate surface area is 448 Å². The average molecular weight is 1050 g/mol. The second-order valence-electron chi connectivity index (χ2n) is 21.9. The summed E-state index contributed by atoms with van der Waals surface area (Å²) in [6, 6.07) is 19.2. The number of benzene rings is 4. The predicted octanol–water partition coefficient (Wildman–Crippen LogP) is 9.79. The van der Waals surface area contributed by atoms with E-state index < -0.39 is 28.7 Å². The molecule has 404 valence electrons. The molecule has 77 heavy (non-hydrogen) atoms. The van der Waals surface area contributed by atoms with E-state index in [1.54, 1.807) is 11.8 Å². The molecule has 16 nitrogen and oxygen atoms in total. The summed E-state index contributed by atoms with van der Waals surface area (Å²) in [6.45, 7) is 18.0. The minimum Gasteiger partial charge on any atom is -0.464 e. The monoisotopic (exact) mass is 1050 g/mol. The number of fused-ring (bicyclic) bond motifs is 10. The van der Waals surface area contributed by atoms with E-state index in [0.29, 0.717) is 126 Å². The van der Waals surface area contributed by atoms with E-state index in [-0.39, 0.29) is 36.5 Å². The normalized spacial score (nSPS) is 15.8. The van der Waals surface area contributed by atoms with E-state index in [4.69, 9.17) is 23.0 Å². The van der Waals surface area contributed by atoms with E-state index in [2.05, 4.69) is 5.32 Å². The molecule has 0 unspecified atom stereocenters. The summed E-state index contributed by atoms with van der Waals surface area (Å²) < 4.78 is 28.9. The van der Waals surface area contributed by atoms with Gasteiger partial charge in [-0.2, -0.15) is 0 Å². The number of rotatable bonds is 12. The average Bonchev–Trinajstić information content (AvgIpc) is 3.91. The van der Waals surface area contributed by atoms with Crippen molar-refractivity contribution in [2.24, 2.45) is 11.8 Å². The molecule has 4 heterocycles. The number of nitrogens with one attached hydrogen (secondary N) is 1. The van der Waals surface area contributed by atoms with Gasteiger partial charge in [0.1, 0.15) is 41.9 Å². The summed E-state index contributed by atoms with van der Waals surface area (Å²) >= 11 is 0. The van der Waals surface area contributed by atoms with Crippen molar-refractivity contribution >= 4 is 62.7 Å². The second-order valence-corrected chi connectivity index (χ2v) is 21.9. The molecule has 2 aliphatic heterocycles. The standard InChI is InChI=1S/C33H38N2O7.C28H30N2O5/c1-19-8-7-9-23-22(19)10-11-24-27(23)29(37)28(36)26-20(2)25(41-30(24)26)18-34(6)16-17-40-31(38)21-12-14-35(15-13-21)32(39)42-33(3,4)5;1-16-5-4-6-20-19(16)7-8-21-24(20)26(32)25(31)23-17(2)22(35-27(21)23)15-30(3)13-14-34-28(33)18-9-11-29-12-10-18/h7-11,21H,12-18H2,1-6H3;4-8,18,29H,9-15H2,1-3H3. The summed E-state index contributed by atoms with van der Waals surface area (Å²) in [7, 11) is 3.79. The molecule has 0 bridgehead atoms. The molecule has 0 spiro atoms. The van der Waals surface area contributed by atoms with Gasteiger partial charge in [0.2, 0.25) is 23.1 Å². The molecule has 4 aliphatic rings. The van der Waals surface area contributed by atoms with E-state index in [0.717, 1.165) is 58.6 Å². The van der Waals surface area contributed by atoms with Crippen molar-refractivity contribution in [3.05, 3.63) is 117 Å². The van der Waals surface area contributed by atoms with Crippen LogP contribution >= 0.6 is 0 Å². The van der Waals surface area contributed by atoms with Gasteiger partial charge in [0.05, 0.1) is 36.1 Å². The van der Waals surface area contributed by atoms with Crippen LogP contribution in [-0.4, -0.2) is 128 Å². The molecule has 10 rings (SSSR count). The first kappa shape index (κ1) is 54.5. The lowest BCUT2D eigenvalue weighted by Gasteiger charge is -2.32. The first-order valence-electron chi connectivity index (χ1n) is 26.6. The number of esters is 2. The molecule has 0 radical (unpaired) electrons. The van der Waals surface area contributed by atoms with Crippen molar-refractivity contribution in [3.8, 4) is 22.6 Å². The van der Waals surface area contributed by atoms with E-state index in [9.17, 15) is 33.6 Å². The summed E-state index contributed by atoms with van der Waals surface area (Å²) in [5.74, 6) is -0.607. The lowest BCUT2D eigenvalue weighted by atomic mass is 9.83. The molecule has 16 heteroatoms. The number of ether oxygens (including phenoxy) is 3. The van der Waals surface area contributed by atoms with Crippen LogP contribution < -0.4 is 5.32 Å². The van der Waals surface area contributed by atoms with Crippen LogP contribution in [0.1, 0.15) is 122 Å². The van der Waals surface area contributed by atoms with Crippen molar-refractivity contribution in [2.45, 2.75) is 92.8 Å². The third-order valence-electron chi connectivity index (χ3n) is 15.3. The first-order valence-corrected chi connectivity index (χ1v) is 26.6. The summed E-state index contributed by atoms with van der Waals surface area (Å²) in [4.78, 5) is 95.6. The Hall–Kier alpha value is -7.27. The fourth-order valence-electron chi connectivity index (χ4n) is 10.9. The number of aryl methyl sites for hydroxylation is 2. The molecule has 1 N–H and O–H groups in total. The quantitative estimate of drug-likeness (QED) is 0.0690. The lowest BCUT2D eigenvalue weighted by molar-refractivity contribution is -0.151. The smallest absolute Gasteiger partial charge is 0.410 e. The third kappa shape index (κ3) is 11.1. The highest BCUT2D eigenvalue weighted by Crippen LogP contribution is 2.44. The summed E-state index contributed by atoms with van der Waals surface area (Å²) in [6.07, 6.45) is 2.34. The zero-order chi connectivity index (χ0) is 55.0. The molecule has 2 aromatic heterocycles. The molecule has 0 atom stereocenters. The van der Waals surface area contributed by atoms with Gasteiger partial charge in [-0.05, 0) is 146 Å². The molecule has 2 aliphatic carbocycles. The summed E-state index contributed by atoms with van der Waals surface area (Å²) in [5, 5.41) is 6.67. The number of piperidine rings is 2. The van der Waals surface area contributed by atoms with Crippen LogP contribution in [0.5, 0.6) is 0 Å². The van der Waals surface area contributed by atoms with Crippen molar-refractivity contribution in [1.82, 2.24) is 20.0 Å². The third-order valence-corrected chi connectivity index (χ3v) is 15.3. The zero-order valence-electron chi connectivity index (χ0n) is 45.6. The maximum atomic E-state index is 13.3. The zero-order valence-corrected chi connectivity index (χ0v) is 45.6. The van der Waals surface area contributed by atoms with E-state index in [1.807, 2.05) is 126 Å². The highest BCUT2D eigenvalue weighted by Gasteiger charge is 2.39. The number of likely N-dealkylation sites (tertiary alicyclic amines) is 1. The Morgan fingerprint density at radius 2 is 1.00 bits per heavy atom. The molecular weight excluding hydrogens is 981 g/mol. The van der Waals surface area contributed by atoms with Gasteiger partial charge in [-0.1, -0.05) is 48.5 Å². The number of Topliss-reactive ketones (excluding diaryl/α,β-unsaturated/α-hetero) is 4. The number of carbonyl (C=O) groups is 7. The van der Waals surface area contributed by atoms with Crippen molar-refractivity contribution in [1.29, 1.82) is 0 Å². The Kier molecular flexibility index (Phi) is 15.8.